The average molecular weight is 249 g/mol. The van der Waals surface area contributed by atoms with Gasteiger partial charge < -0.3 is 10.4 Å². The van der Waals surface area contributed by atoms with Gasteiger partial charge in [0.1, 0.15) is 6.54 Å². The van der Waals surface area contributed by atoms with E-state index in [9.17, 15) is 9.59 Å². The highest BCUT2D eigenvalue weighted by Gasteiger charge is 2.10. The van der Waals surface area contributed by atoms with Crippen LogP contribution in [0.4, 0.5) is 5.82 Å². The molecular formula is C10H11N5O3. The van der Waals surface area contributed by atoms with E-state index in [0.29, 0.717) is 5.82 Å². The number of aryl methyl sites for hydroxylation is 1. The highest BCUT2D eigenvalue weighted by Crippen LogP contribution is 2.01. The first-order chi connectivity index (χ1) is 8.54. The Morgan fingerprint density at radius 2 is 2.11 bits per heavy atom. The number of nitrogens with zero attached hydrogens (tertiary/aromatic N) is 4. The number of hydrogen-bond acceptors (Lipinski definition) is 4. The number of amides is 1. The minimum absolute atomic E-state index is 0.0656. The van der Waals surface area contributed by atoms with Crippen LogP contribution in [0.2, 0.25) is 0 Å². The van der Waals surface area contributed by atoms with E-state index in [4.69, 9.17) is 5.11 Å². The third-order valence-corrected chi connectivity index (χ3v) is 2.15. The number of carbonyl (C=O) groups is 2. The average Bonchev–Trinajstić information content (AvgIpc) is 2.88. The molecule has 0 atom stereocenters. The van der Waals surface area contributed by atoms with Gasteiger partial charge in [-0.3, -0.25) is 14.2 Å². The summed E-state index contributed by atoms with van der Waals surface area (Å²) in [4.78, 5) is 22.2. The standard InChI is InChI=1S/C10H11N5O3/c1-14-4-3-8(13-14)11-9(16)6-15-5-2-7(12-15)10(17)18/h2-5H,6H2,1H3,(H,17,18)(H,11,13,16). The Bertz CT molecular complexity index is 586. The summed E-state index contributed by atoms with van der Waals surface area (Å²) >= 11 is 0. The fraction of sp³-hybridized carbons (Fsp3) is 0.200. The molecule has 8 nitrogen and oxygen atoms in total. The lowest BCUT2D eigenvalue weighted by Crippen LogP contribution is -2.19. The number of carbonyl (C=O) groups excluding carboxylic acids is 1. The highest BCUT2D eigenvalue weighted by molar-refractivity contribution is 5.89. The zero-order valence-electron chi connectivity index (χ0n) is 9.57. The quantitative estimate of drug-likeness (QED) is 0.791. The van der Waals surface area contributed by atoms with Crippen molar-refractivity contribution in [1.29, 1.82) is 0 Å². The summed E-state index contributed by atoms with van der Waals surface area (Å²) in [6.45, 7) is -0.0656. The van der Waals surface area contributed by atoms with Crippen LogP contribution in [0.5, 0.6) is 0 Å². The fourth-order valence-electron chi connectivity index (χ4n) is 1.38. The van der Waals surface area contributed by atoms with Crippen LogP contribution >= 0.6 is 0 Å². The lowest BCUT2D eigenvalue weighted by molar-refractivity contribution is -0.116. The predicted octanol–water partition coefficient (Wildman–Crippen LogP) is -0.0465. The van der Waals surface area contributed by atoms with Crippen LogP contribution in [-0.2, 0) is 18.4 Å². The van der Waals surface area contributed by atoms with Gasteiger partial charge in [0, 0.05) is 25.5 Å². The molecule has 0 radical (unpaired) electrons. The second-order valence-corrected chi connectivity index (χ2v) is 3.63. The van der Waals surface area contributed by atoms with Gasteiger partial charge in [0.25, 0.3) is 0 Å². The van der Waals surface area contributed by atoms with Crippen molar-refractivity contribution >= 4 is 17.7 Å². The van der Waals surface area contributed by atoms with Crippen LogP contribution in [0.25, 0.3) is 0 Å². The number of carboxylic acid groups (broad SMARTS) is 1. The summed E-state index contributed by atoms with van der Waals surface area (Å²) in [6, 6.07) is 2.99. The molecule has 0 aromatic carbocycles. The summed E-state index contributed by atoms with van der Waals surface area (Å²) in [5, 5.41) is 19.0. The van der Waals surface area contributed by atoms with Crippen LogP contribution in [0.3, 0.4) is 0 Å². The maximum atomic E-state index is 11.6. The van der Waals surface area contributed by atoms with Gasteiger partial charge in [-0.1, -0.05) is 0 Å². The predicted molar refractivity (Wildman–Crippen MR) is 61.0 cm³/mol. The second kappa shape index (κ2) is 4.70. The van der Waals surface area contributed by atoms with Crippen molar-refractivity contribution in [2.45, 2.75) is 6.54 Å². The van der Waals surface area contributed by atoms with Gasteiger partial charge in [-0.2, -0.15) is 10.2 Å². The molecule has 0 fully saturated rings. The van der Waals surface area contributed by atoms with E-state index in [-0.39, 0.29) is 18.1 Å². The Hall–Kier alpha value is -2.64. The Labute approximate surface area is 102 Å². The molecule has 2 heterocycles. The van der Waals surface area contributed by atoms with Crippen molar-refractivity contribution in [1.82, 2.24) is 19.6 Å². The van der Waals surface area contributed by atoms with E-state index in [2.05, 4.69) is 15.5 Å². The van der Waals surface area contributed by atoms with Gasteiger partial charge in [-0.25, -0.2) is 4.79 Å². The maximum absolute atomic E-state index is 11.6. The molecule has 0 unspecified atom stereocenters. The summed E-state index contributed by atoms with van der Waals surface area (Å²) in [6.07, 6.45) is 3.13. The van der Waals surface area contributed by atoms with Crippen molar-refractivity contribution < 1.29 is 14.7 Å². The molecule has 2 aromatic rings. The summed E-state index contributed by atoms with van der Waals surface area (Å²) in [5.74, 6) is -1.01. The minimum atomic E-state index is -1.13. The Morgan fingerprint density at radius 1 is 1.33 bits per heavy atom. The SMILES string of the molecule is Cn1ccc(NC(=O)Cn2ccc(C(=O)O)n2)n1. The number of aromatic nitrogens is 4. The van der Waals surface area contributed by atoms with Crippen molar-refractivity contribution in [3.8, 4) is 0 Å². The van der Waals surface area contributed by atoms with Crippen LogP contribution < -0.4 is 5.32 Å². The van der Waals surface area contributed by atoms with Crippen LogP contribution in [0, 0.1) is 0 Å². The molecule has 0 saturated heterocycles. The zero-order chi connectivity index (χ0) is 13.1. The topological polar surface area (TPSA) is 102 Å². The molecule has 18 heavy (non-hydrogen) atoms. The molecule has 2 rings (SSSR count). The van der Waals surface area contributed by atoms with Gasteiger partial charge >= 0.3 is 5.97 Å². The molecular weight excluding hydrogens is 238 g/mol. The third-order valence-electron chi connectivity index (χ3n) is 2.15. The van der Waals surface area contributed by atoms with Gasteiger partial charge in [0.15, 0.2) is 11.5 Å². The number of anilines is 1. The monoisotopic (exact) mass is 249 g/mol. The van der Waals surface area contributed by atoms with Crippen molar-refractivity contribution in [3.63, 3.8) is 0 Å². The smallest absolute Gasteiger partial charge is 0.356 e. The number of carboxylic acids is 1. The Kier molecular flexibility index (Phi) is 3.09. The van der Waals surface area contributed by atoms with E-state index in [0.717, 1.165) is 0 Å². The van der Waals surface area contributed by atoms with Gasteiger partial charge in [-0.15, -0.1) is 0 Å². The Morgan fingerprint density at radius 3 is 2.67 bits per heavy atom. The van der Waals surface area contributed by atoms with Crippen molar-refractivity contribution in [2.75, 3.05) is 5.32 Å². The summed E-state index contributed by atoms with van der Waals surface area (Å²) in [5.41, 5.74) is -0.0966. The number of rotatable bonds is 4. The van der Waals surface area contributed by atoms with Gasteiger partial charge in [-0.05, 0) is 6.07 Å². The number of nitrogens with one attached hydrogen (secondary N) is 1. The largest absolute Gasteiger partial charge is 0.476 e. The molecule has 0 aliphatic rings. The van der Waals surface area contributed by atoms with Gasteiger partial charge in [0.2, 0.25) is 5.91 Å². The molecule has 0 aliphatic carbocycles. The molecule has 8 heteroatoms. The first-order valence-corrected chi connectivity index (χ1v) is 5.11. The lowest BCUT2D eigenvalue weighted by atomic mass is 10.4. The normalized spacial score (nSPS) is 10.3. The zero-order valence-corrected chi connectivity index (χ0v) is 9.57. The summed E-state index contributed by atoms with van der Waals surface area (Å²) < 4.78 is 2.81. The lowest BCUT2D eigenvalue weighted by Gasteiger charge is -2.01. The fourth-order valence-corrected chi connectivity index (χ4v) is 1.38. The minimum Gasteiger partial charge on any atom is -0.476 e. The third kappa shape index (κ3) is 2.73. The number of hydrogen-bond donors (Lipinski definition) is 2. The summed E-state index contributed by atoms with van der Waals surface area (Å²) in [7, 11) is 1.74. The Balaban J connectivity index is 1.96. The molecule has 2 N–H and O–H groups in total. The molecule has 0 saturated carbocycles. The van der Waals surface area contributed by atoms with Crippen LogP contribution in [0.15, 0.2) is 24.5 Å². The van der Waals surface area contributed by atoms with Gasteiger partial charge in [0.05, 0.1) is 0 Å². The van der Waals surface area contributed by atoms with E-state index in [1.807, 2.05) is 0 Å². The molecule has 2 aromatic heterocycles. The molecule has 0 bridgehead atoms. The van der Waals surface area contributed by atoms with E-state index in [1.54, 1.807) is 24.0 Å². The molecule has 0 spiro atoms. The van der Waals surface area contributed by atoms with E-state index >= 15 is 0 Å². The van der Waals surface area contributed by atoms with Crippen LogP contribution in [0.1, 0.15) is 10.5 Å². The van der Waals surface area contributed by atoms with E-state index in [1.165, 1.54) is 16.9 Å². The maximum Gasteiger partial charge on any atom is 0.356 e. The van der Waals surface area contributed by atoms with Crippen LogP contribution in [-0.4, -0.2) is 36.5 Å². The molecule has 0 aliphatic heterocycles. The molecule has 1 amide bonds. The molecule has 94 valence electrons. The second-order valence-electron chi connectivity index (χ2n) is 3.63. The van der Waals surface area contributed by atoms with Crippen molar-refractivity contribution in [2.24, 2.45) is 7.05 Å². The first kappa shape index (κ1) is 11.8. The number of aromatic carboxylic acids is 1. The first-order valence-electron chi connectivity index (χ1n) is 5.11. The van der Waals surface area contributed by atoms with E-state index < -0.39 is 5.97 Å². The highest BCUT2D eigenvalue weighted by atomic mass is 16.4. The van der Waals surface area contributed by atoms with Crippen molar-refractivity contribution in [3.05, 3.63) is 30.2 Å².